The highest BCUT2D eigenvalue weighted by Gasteiger charge is 2.15. The zero-order valence-electron chi connectivity index (χ0n) is 7.16. The van der Waals surface area contributed by atoms with E-state index in [1.54, 1.807) is 0 Å². The quantitative estimate of drug-likeness (QED) is 0.512. The molecule has 0 aliphatic rings. The summed E-state index contributed by atoms with van der Waals surface area (Å²) in [5.41, 5.74) is 5.62. The number of methoxy groups -OCH3 is 1. The van der Waals surface area contributed by atoms with E-state index in [0.29, 0.717) is 5.56 Å². The lowest BCUT2D eigenvalue weighted by atomic mass is 10.1. The average Bonchev–Trinajstić information content (AvgIpc) is 2.50. The Morgan fingerprint density at radius 1 is 1.77 bits per heavy atom. The van der Waals surface area contributed by atoms with Crippen molar-refractivity contribution in [2.75, 3.05) is 7.11 Å². The first kappa shape index (κ1) is 9.53. The van der Waals surface area contributed by atoms with Crippen LogP contribution in [0.15, 0.2) is 11.0 Å². The summed E-state index contributed by atoms with van der Waals surface area (Å²) in [6.45, 7) is 0. The van der Waals surface area contributed by atoms with E-state index in [1.165, 1.54) is 13.3 Å². The van der Waals surface area contributed by atoms with Crippen LogP contribution in [0.3, 0.4) is 0 Å². The van der Waals surface area contributed by atoms with Crippen molar-refractivity contribution in [1.29, 1.82) is 0 Å². The van der Waals surface area contributed by atoms with E-state index in [-0.39, 0.29) is 12.0 Å². The minimum absolute atomic E-state index is 0.172. The molecule has 0 saturated carbocycles. The van der Waals surface area contributed by atoms with Gasteiger partial charge in [0.1, 0.15) is 6.04 Å². The van der Waals surface area contributed by atoms with E-state index in [4.69, 9.17) is 5.73 Å². The fraction of sp³-hybridized carbons (Fsp3) is 0.429. The molecule has 0 amide bonds. The van der Waals surface area contributed by atoms with Crippen LogP contribution in [0.2, 0.25) is 0 Å². The van der Waals surface area contributed by atoms with Gasteiger partial charge < -0.3 is 15.6 Å². The minimum Gasteiger partial charge on any atom is -0.468 e. The normalized spacial score (nSPS) is 12.5. The molecule has 0 saturated heterocycles. The highest BCUT2D eigenvalue weighted by molar-refractivity contribution is 5.75. The number of nitrogens with one attached hydrogen (secondary N) is 2. The number of aromatic amines is 2. The van der Waals surface area contributed by atoms with Gasteiger partial charge in [0.15, 0.2) is 0 Å². The van der Waals surface area contributed by atoms with Gasteiger partial charge in [0.25, 0.3) is 5.56 Å². The molecule has 13 heavy (non-hydrogen) atoms. The molecule has 0 aromatic carbocycles. The number of aromatic nitrogens is 2. The van der Waals surface area contributed by atoms with Gasteiger partial charge in [-0.05, 0) is 0 Å². The number of esters is 1. The van der Waals surface area contributed by atoms with Crippen molar-refractivity contribution in [2.45, 2.75) is 12.5 Å². The van der Waals surface area contributed by atoms with Gasteiger partial charge in [-0.15, -0.1) is 0 Å². The number of rotatable bonds is 3. The number of hydrogen-bond donors (Lipinski definition) is 3. The van der Waals surface area contributed by atoms with Crippen LogP contribution in [-0.2, 0) is 16.0 Å². The molecular weight excluding hydrogens is 174 g/mol. The first-order valence-electron chi connectivity index (χ1n) is 3.73. The molecule has 4 N–H and O–H groups in total. The number of nitrogens with two attached hydrogens (primary N) is 1. The first-order valence-corrected chi connectivity index (χ1v) is 3.73. The summed E-state index contributed by atoms with van der Waals surface area (Å²) in [7, 11) is 1.25. The molecule has 0 aliphatic carbocycles. The number of carbonyl (C=O) groups excluding carboxylic acids is 1. The summed E-state index contributed by atoms with van der Waals surface area (Å²) in [5.74, 6) is -0.527. The summed E-state index contributed by atoms with van der Waals surface area (Å²) >= 11 is 0. The smallest absolute Gasteiger partial charge is 0.322 e. The van der Waals surface area contributed by atoms with Crippen LogP contribution in [-0.4, -0.2) is 29.3 Å². The third kappa shape index (κ3) is 2.19. The summed E-state index contributed by atoms with van der Waals surface area (Å²) in [6.07, 6.45) is 1.65. The van der Waals surface area contributed by atoms with Crippen LogP contribution in [0.4, 0.5) is 0 Å². The van der Waals surface area contributed by atoms with Crippen LogP contribution >= 0.6 is 0 Å². The number of H-pyrrole nitrogens is 2. The minimum atomic E-state index is -0.790. The van der Waals surface area contributed by atoms with Crippen molar-refractivity contribution < 1.29 is 9.53 Å². The van der Waals surface area contributed by atoms with Crippen molar-refractivity contribution in [2.24, 2.45) is 5.73 Å². The second-order valence-electron chi connectivity index (χ2n) is 2.60. The van der Waals surface area contributed by atoms with Gasteiger partial charge in [-0.25, -0.2) is 0 Å². The molecule has 0 unspecified atom stereocenters. The van der Waals surface area contributed by atoms with Crippen LogP contribution in [0.25, 0.3) is 0 Å². The topological polar surface area (TPSA) is 101 Å². The lowest BCUT2D eigenvalue weighted by molar-refractivity contribution is -0.142. The van der Waals surface area contributed by atoms with Crippen molar-refractivity contribution >= 4 is 5.97 Å². The van der Waals surface area contributed by atoms with Gasteiger partial charge in [-0.2, -0.15) is 0 Å². The Balaban J connectivity index is 2.65. The van der Waals surface area contributed by atoms with Gasteiger partial charge in [0.2, 0.25) is 0 Å². The third-order valence-electron chi connectivity index (χ3n) is 1.67. The molecule has 1 atom stereocenters. The Morgan fingerprint density at radius 2 is 2.46 bits per heavy atom. The highest BCUT2D eigenvalue weighted by atomic mass is 16.5. The lowest BCUT2D eigenvalue weighted by Gasteiger charge is -2.05. The third-order valence-corrected chi connectivity index (χ3v) is 1.67. The Kier molecular flexibility index (Phi) is 2.86. The zero-order chi connectivity index (χ0) is 9.84. The maximum Gasteiger partial charge on any atom is 0.322 e. The Labute approximate surface area is 74.1 Å². The maximum absolute atomic E-state index is 11.0. The predicted octanol–water partition coefficient (Wildman–Crippen LogP) is -1.25. The van der Waals surface area contributed by atoms with E-state index in [2.05, 4.69) is 14.9 Å². The van der Waals surface area contributed by atoms with Gasteiger partial charge in [0.05, 0.1) is 7.11 Å². The molecule has 1 rings (SSSR count). The number of ether oxygens (including phenoxy) is 1. The molecule has 1 heterocycles. The van der Waals surface area contributed by atoms with Crippen molar-refractivity contribution in [3.05, 3.63) is 22.1 Å². The van der Waals surface area contributed by atoms with Gasteiger partial charge in [-0.1, -0.05) is 0 Å². The van der Waals surface area contributed by atoms with Crippen LogP contribution in [0.1, 0.15) is 5.56 Å². The fourth-order valence-electron chi connectivity index (χ4n) is 0.958. The van der Waals surface area contributed by atoms with Crippen molar-refractivity contribution in [1.82, 2.24) is 10.2 Å². The first-order chi connectivity index (χ1) is 6.15. The molecule has 1 aromatic heterocycles. The van der Waals surface area contributed by atoms with Crippen LogP contribution in [0.5, 0.6) is 0 Å². The van der Waals surface area contributed by atoms with Crippen LogP contribution in [0, 0.1) is 0 Å². The van der Waals surface area contributed by atoms with E-state index < -0.39 is 12.0 Å². The van der Waals surface area contributed by atoms with Crippen LogP contribution < -0.4 is 11.3 Å². The zero-order valence-corrected chi connectivity index (χ0v) is 7.16. The lowest BCUT2D eigenvalue weighted by Crippen LogP contribution is -2.34. The molecule has 0 radical (unpaired) electrons. The second kappa shape index (κ2) is 3.90. The Bertz CT molecular complexity index is 341. The van der Waals surface area contributed by atoms with Crippen molar-refractivity contribution in [3.8, 4) is 0 Å². The Hall–Kier alpha value is -1.56. The molecule has 0 spiro atoms. The standard InChI is InChI=1S/C7H11N3O3/c1-13-7(12)5(8)2-4-3-9-10-6(4)11/h3,5H,2,8H2,1H3,(H2,9,10,11)/t5-/m1/s1. The monoisotopic (exact) mass is 185 g/mol. The molecule has 0 bridgehead atoms. The van der Waals surface area contributed by atoms with E-state index in [1.807, 2.05) is 0 Å². The van der Waals surface area contributed by atoms with Crippen molar-refractivity contribution in [3.63, 3.8) is 0 Å². The fourth-order valence-corrected chi connectivity index (χ4v) is 0.958. The van der Waals surface area contributed by atoms with E-state index in [0.717, 1.165) is 0 Å². The average molecular weight is 185 g/mol. The molecule has 0 fully saturated rings. The SMILES string of the molecule is COC(=O)[C@H](N)Cc1c[nH][nH]c1=O. The molecule has 6 nitrogen and oxygen atoms in total. The number of hydrogen-bond acceptors (Lipinski definition) is 4. The Morgan fingerprint density at radius 3 is 2.92 bits per heavy atom. The molecule has 6 heteroatoms. The van der Waals surface area contributed by atoms with Gasteiger partial charge in [-0.3, -0.25) is 14.7 Å². The van der Waals surface area contributed by atoms with Gasteiger partial charge >= 0.3 is 5.97 Å². The summed E-state index contributed by atoms with van der Waals surface area (Å²) in [5, 5.41) is 4.86. The largest absolute Gasteiger partial charge is 0.468 e. The molecule has 0 aliphatic heterocycles. The van der Waals surface area contributed by atoms with E-state index >= 15 is 0 Å². The van der Waals surface area contributed by atoms with E-state index in [9.17, 15) is 9.59 Å². The second-order valence-corrected chi connectivity index (χ2v) is 2.60. The predicted molar refractivity (Wildman–Crippen MR) is 45.1 cm³/mol. The molecule has 72 valence electrons. The van der Waals surface area contributed by atoms with Gasteiger partial charge in [0, 0.05) is 18.2 Å². The highest BCUT2D eigenvalue weighted by Crippen LogP contribution is 1.94. The summed E-state index contributed by atoms with van der Waals surface area (Å²) < 4.78 is 4.41. The molecule has 1 aromatic rings. The summed E-state index contributed by atoms with van der Waals surface area (Å²) in [4.78, 5) is 21.9. The summed E-state index contributed by atoms with van der Waals surface area (Å²) in [6, 6.07) is -0.790. The maximum atomic E-state index is 11.0. The molecular formula is C7H11N3O3. The number of carbonyl (C=O) groups is 1.